The number of aromatic hydroxyl groups is 1. The first-order chi connectivity index (χ1) is 16.2. The number of aryl methyl sites for hydroxylation is 1. The molecule has 0 unspecified atom stereocenters. The number of pyridine rings is 1. The van der Waals surface area contributed by atoms with E-state index in [0.717, 1.165) is 15.1 Å². The number of phenolic OH excluding ortho intramolecular Hbond substituents is 1. The zero-order valence-corrected chi connectivity index (χ0v) is 20.6. The number of methoxy groups -OCH3 is 2. The quantitative estimate of drug-likeness (QED) is 0.409. The van der Waals surface area contributed by atoms with Gasteiger partial charge in [0.25, 0.3) is 10.0 Å². The van der Waals surface area contributed by atoms with Gasteiger partial charge in [0, 0.05) is 23.4 Å². The lowest BCUT2D eigenvalue weighted by atomic mass is 10.1. The van der Waals surface area contributed by atoms with E-state index in [-0.39, 0.29) is 27.1 Å². The van der Waals surface area contributed by atoms with Crippen LogP contribution in [0.5, 0.6) is 17.2 Å². The number of nitrogens with zero attached hydrogens (tertiary/aromatic N) is 3. The zero-order chi connectivity index (χ0) is 24.6. The highest BCUT2D eigenvalue weighted by Gasteiger charge is 2.28. The van der Waals surface area contributed by atoms with Gasteiger partial charge in [0.1, 0.15) is 17.2 Å². The van der Waals surface area contributed by atoms with Gasteiger partial charge >= 0.3 is 0 Å². The molecule has 1 atom stereocenters. The van der Waals surface area contributed by atoms with Crippen molar-refractivity contribution in [2.45, 2.75) is 29.7 Å². The summed E-state index contributed by atoms with van der Waals surface area (Å²) in [5.41, 5.74) is 2.64. The minimum atomic E-state index is -4.19. The van der Waals surface area contributed by atoms with E-state index < -0.39 is 20.8 Å². The van der Waals surface area contributed by atoms with Crippen LogP contribution in [0.1, 0.15) is 16.8 Å². The van der Waals surface area contributed by atoms with E-state index in [0.29, 0.717) is 22.7 Å². The molecule has 2 aromatic carbocycles. The van der Waals surface area contributed by atoms with Crippen LogP contribution in [-0.2, 0) is 26.6 Å². The molecule has 178 valence electrons. The fourth-order valence-corrected chi connectivity index (χ4v) is 6.69. The Morgan fingerprint density at radius 2 is 1.76 bits per heavy atom. The molecule has 0 aliphatic carbocycles. The van der Waals surface area contributed by atoms with E-state index >= 15 is 0 Å². The highest BCUT2D eigenvalue weighted by atomic mass is 32.2. The largest absolute Gasteiger partial charge is 0.508 e. The van der Waals surface area contributed by atoms with Crippen LogP contribution in [0.2, 0.25) is 0 Å². The molecule has 0 fully saturated rings. The average Bonchev–Trinajstić information content (AvgIpc) is 3.21. The second-order valence-electron chi connectivity index (χ2n) is 7.55. The number of imidazole rings is 1. The Morgan fingerprint density at radius 1 is 1.06 bits per heavy atom. The fraction of sp³-hybridized carbons (Fsp3) is 0.217. The number of aromatic nitrogens is 3. The lowest BCUT2D eigenvalue weighted by Gasteiger charge is -2.13. The molecule has 4 rings (SSSR count). The van der Waals surface area contributed by atoms with Crippen LogP contribution >= 0.6 is 0 Å². The third-order valence-corrected chi connectivity index (χ3v) is 8.44. The molecule has 34 heavy (non-hydrogen) atoms. The van der Waals surface area contributed by atoms with Crippen molar-refractivity contribution in [3.8, 4) is 17.2 Å². The molecule has 1 N–H and O–H groups in total. The van der Waals surface area contributed by atoms with E-state index in [4.69, 9.17) is 9.47 Å². The number of hydrogen-bond donors (Lipinski definition) is 1. The monoisotopic (exact) mass is 501 g/mol. The van der Waals surface area contributed by atoms with E-state index in [1.165, 1.54) is 31.4 Å². The van der Waals surface area contributed by atoms with Gasteiger partial charge in [-0.1, -0.05) is 0 Å². The van der Waals surface area contributed by atoms with Crippen LogP contribution in [0, 0.1) is 13.8 Å². The van der Waals surface area contributed by atoms with Crippen molar-refractivity contribution in [3.63, 3.8) is 0 Å². The molecule has 0 bridgehead atoms. The lowest BCUT2D eigenvalue weighted by Crippen LogP contribution is -2.18. The summed E-state index contributed by atoms with van der Waals surface area (Å²) in [6.45, 7) is 3.67. The van der Waals surface area contributed by atoms with E-state index in [2.05, 4.69) is 9.97 Å². The molecule has 0 aliphatic heterocycles. The Kier molecular flexibility index (Phi) is 6.32. The van der Waals surface area contributed by atoms with Crippen LogP contribution in [0.25, 0.3) is 11.0 Å². The van der Waals surface area contributed by atoms with Gasteiger partial charge in [-0.2, -0.15) is 0 Å². The average molecular weight is 502 g/mol. The molecule has 0 saturated carbocycles. The summed E-state index contributed by atoms with van der Waals surface area (Å²) in [5, 5.41) is 9.44. The van der Waals surface area contributed by atoms with Crippen LogP contribution in [0.15, 0.2) is 58.7 Å². The minimum Gasteiger partial charge on any atom is -0.508 e. The lowest BCUT2D eigenvalue weighted by molar-refractivity contribution is 0.407. The van der Waals surface area contributed by atoms with E-state index in [1.54, 1.807) is 31.5 Å². The van der Waals surface area contributed by atoms with Crippen LogP contribution in [0.3, 0.4) is 0 Å². The van der Waals surface area contributed by atoms with Crippen molar-refractivity contribution in [1.82, 2.24) is 13.9 Å². The van der Waals surface area contributed by atoms with Crippen molar-refractivity contribution in [2.75, 3.05) is 14.2 Å². The second kappa shape index (κ2) is 9.07. The molecular weight excluding hydrogens is 478 g/mol. The van der Waals surface area contributed by atoms with Gasteiger partial charge in [0.15, 0.2) is 0 Å². The van der Waals surface area contributed by atoms with Gasteiger partial charge in [0.05, 0.1) is 52.4 Å². The number of phenols is 1. The summed E-state index contributed by atoms with van der Waals surface area (Å²) in [7, 11) is -3.03. The summed E-state index contributed by atoms with van der Waals surface area (Å²) in [6, 6.07) is 9.85. The summed E-state index contributed by atoms with van der Waals surface area (Å²) < 4.78 is 52.4. The minimum absolute atomic E-state index is 0.0615. The molecular formula is C23H23N3O6S2. The first-order valence-electron chi connectivity index (χ1n) is 10.2. The SMILES string of the molecule is COc1ccc2c(c1)nc([S@@](=O)Cc1ncc(C)c(OC)c1C)n2S(=O)(=O)c1ccc(O)cc1. The van der Waals surface area contributed by atoms with Gasteiger partial charge in [-0.05, 0) is 50.2 Å². The van der Waals surface area contributed by atoms with Gasteiger partial charge in [-0.3, -0.25) is 9.19 Å². The van der Waals surface area contributed by atoms with Crippen molar-refractivity contribution >= 4 is 31.9 Å². The molecule has 0 saturated heterocycles. The summed E-state index contributed by atoms with van der Waals surface area (Å²) >= 11 is 0. The molecule has 2 aromatic heterocycles. The Hall–Kier alpha value is -3.44. The standard InChI is InChI=1S/C23H23N3O6S2/c1-14-12-24-20(15(2)22(14)32-4)13-33(28)23-25-19-11-17(31-3)7-10-21(19)26(23)34(29,30)18-8-5-16(27)6-9-18/h5-12,27H,13H2,1-4H3/t33-/m0/s1. The second-order valence-corrected chi connectivity index (χ2v) is 10.7. The molecule has 0 aliphatic rings. The Bertz CT molecular complexity index is 1510. The van der Waals surface area contributed by atoms with Crippen molar-refractivity contribution in [3.05, 3.63) is 65.5 Å². The number of rotatable bonds is 7. The predicted octanol–water partition coefficient (Wildman–Crippen LogP) is 3.32. The fourth-order valence-electron chi connectivity index (χ4n) is 3.65. The topological polar surface area (TPSA) is 121 Å². The highest BCUT2D eigenvalue weighted by molar-refractivity contribution is 7.91. The Balaban J connectivity index is 1.89. The van der Waals surface area contributed by atoms with Crippen LogP contribution < -0.4 is 9.47 Å². The van der Waals surface area contributed by atoms with Gasteiger partial charge in [-0.25, -0.2) is 17.4 Å². The van der Waals surface area contributed by atoms with Crippen molar-refractivity contribution < 1.29 is 27.2 Å². The van der Waals surface area contributed by atoms with Crippen LogP contribution in [0.4, 0.5) is 0 Å². The third-order valence-electron chi connectivity index (χ3n) is 5.39. The molecule has 0 spiro atoms. The predicted molar refractivity (Wildman–Crippen MR) is 127 cm³/mol. The summed E-state index contributed by atoms with van der Waals surface area (Å²) in [5.74, 6) is 0.987. The van der Waals surface area contributed by atoms with Crippen molar-refractivity contribution in [2.24, 2.45) is 0 Å². The maximum absolute atomic E-state index is 13.6. The molecule has 9 nitrogen and oxygen atoms in total. The van der Waals surface area contributed by atoms with Crippen molar-refractivity contribution in [1.29, 1.82) is 0 Å². The number of benzene rings is 2. The normalized spacial score (nSPS) is 12.6. The Morgan fingerprint density at radius 3 is 2.41 bits per heavy atom. The number of fused-ring (bicyclic) bond motifs is 1. The molecule has 4 aromatic rings. The third kappa shape index (κ3) is 4.12. The Labute approximate surface area is 199 Å². The van der Waals surface area contributed by atoms with Gasteiger partial charge in [0.2, 0.25) is 5.16 Å². The first kappa shape index (κ1) is 23.7. The van der Waals surface area contributed by atoms with Gasteiger partial charge in [-0.15, -0.1) is 0 Å². The number of hydrogen-bond acceptors (Lipinski definition) is 8. The highest BCUT2D eigenvalue weighted by Crippen LogP contribution is 2.30. The molecule has 0 radical (unpaired) electrons. The molecule has 0 amide bonds. The van der Waals surface area contributed by atoms with Gasteiger partial charge < -0.3 is 14.6 Å². The van der Waals surface area contributed by atoms with E-state index in [9.17, 15) is 17.7 Å². The first-order valence-corrected chi connectivity index (χ1v) is 12.9. The zero-order valence-electron chi connectivity index (χ0n) is 19.0. The smallest absolute Gasteiger partial charge is 0.270 e. The maximum atomic E-state index is 13.6. The maximum Gasteiger partial charge on any atom is 0.270 e. The van der Waals surface area contributed by atoms with E-state index in [1.807, 2.05) is 13.8 Å². The van der Waals surface area contributed by atoms with Crippen LogP contribution in [-0.4, -0.2) is 45.9 Å². The molecule has 2 heterocycles. The summed E-state index contributed by atoms with van der Waals surface area (Å²) in [4.78, 5) is 8.72. The summed E-state index contributed by atoms with van der Waals surface area (Å²) in [6.07, 6.45) is 1.62. The molecule has 11 heteroatoms. The number of ether oxygens (including phenoxy) is 2.